The first kappa shape index (κ1) is 16.6. The summed E-state index contributed by atoms with van der Waals surface area (Å²) >= 11 is 0. The third-order valence-electron chi connectivity index (χ3n) is 3.29. The molecular weight excluding hydrogens is 297 g/mol. The van der Waals surface area contributed by atoms with Gasteiger partial charge in [0.2, 0.25) is 11.8 Å². The Morgan fingerprint density at radius 3 is 2.57 bits per heavy atom. The molecule has 0 fully saturated rings. The molecule has 1 aromatic heterocycles. The van der Waals surface area contributed by atoms with E-state index in [2.05, 4.69) is 10.3 Å². The molecule has 6 heteroatoms. The second-order valence-electron chi connectivity index (χ2n) is 5.04. The van der Waals surface area contributed by atoms with Crippen molar-refractivity contribution in [3.05, 3.63) is 60.2 Å². The largest absolute Gasteiger partial charge is 0.352 e. The fourth-order valence-corrected chi connectivity index (χ4v) is 2.09. The Labute approximate surface area is 134 Å². The zero-order valence-corrected chi connectivity index (χ0v) is 12.8. The first-order valence-corrected chi connectivity index (χ1v) is 7.25. The zero-order chi connectivity index (χ0) is 16.7. The van der Waals surface area contributed by atoms with Gasteiger partial charge in [0.15, 0.2) is 0 Å². The summed E-state index contributed by atoms with van der Waals surface area (Å²) in [6, 6.07) is 9.28. The Morgan fingerprint density at radius 1 is 1.22 bits per heavy atom. The van der Waals surface area contributed by atoms with Crippen molar-refractivity contribution >= 4 is 17.5 Å². The molecule has 0 bridgehead atoms. The van der Waals surface area contributed by atoms with Crippen LogP contribution in [-0.2, 0) is 16.1 Å². The van der Waals surface area contributed by atoms with Gasteiger partial charge in [-0.25, -0.2) is 4.39 Å². The van der Waals surface area contributed by atoms with Crippen molar-refractivity contribution in [3.8, 4) is 0 Å². The lowest BCUT2D eigenvalue weighted by Gasteiger charge is -2.21. The number of hydrogen-bond donors (Lipinski definition) is 1. The molecular formula is C17H18FN3O2. The Bertz CT molecular complexity index is 659. The third-order valence-corrected chi connectivity index (χ3v) is 3.29. The number of rotatable bonds is 6. The number of anilines is 1. The number of carbonyl (C=O) groups is 2. The van der Waals surface area contributed by atoms with E-state index in [0.717, 1.165) is 5.56 Å². The first-order valence-electron chi connectivity index (χ1n) is 7.25. The molecule has 0 aliphatic carbocycles. The van der Waals surface area contributed by atoms with Crippen molar-refractivity contribution in [2.24, 2.45) is 0 Å². The molecule has 1 heterocycles. The van der Waals surface area contributed by atoms with Gasteiger partial charge in [0.1, 0.15) is 5.82 Å². The van der Waals surface area contributed by atoms with Crippen molar-refractivity contribution < 1.29 is 14.0 Å². The highest BCUT2D eigenvalue weighted by Crippen LogP contribution is 2.15. The number of nitrogens with one attached hydrogen (secondary N) is 1. The molecule has 0 saturated carbocycles. The molecule has 0 spiro atoms. The van der Waals surface area contributed by atoms with E-state index in [1.807, 2.05) is 6.07 Å². The van der Waals surface area contributed by atoms with Gasteiger partial charge in [-0.05, 0) is 35.9 Å². The average Bonchev–Trinajstić information content (AvgIpc) is 2.55. The molecule has 0 saturated heterocycles. The lowest BCUT2D eigenvalue weighted by atomic mass is 10.2. The van der Waals surface area contributed by atoms with Crippen LogP contribution in [0.1, 0.15) is 18.9 Å². The van der Waals surface area contributed by atoms with Crippen LogP contribution >= 0.6 is 0 Å². The lowest BCUT2D eigenvalue weighted by molar-refractivity contribution is -0.121. The van der Waals surface area contributed by atoms with Crippen LogP contribution in [0, 0.1) is 5.82 Å². The summed E-state index contributed by atoms with van der Waals surface area (Å²) in [4.78, 5) is 29.0. The van der Waals surface area contributed by atoms with Gasteiger partial charge in [-0.15, -0.1) is 0 Å². The van der Waals surface area contributed by atoms with Crippen LogP contribution in [0.15, 0.2) is 48.8 Å². The van der Waals surface area contributed by atoms with E-state index in [1.165, 1.54) is 36.1 Å². The minimum absolute atomic E-state index is 0.164. The average molecular weight is 315 g/mol. The van der Waals surface area contributed by atoms with Crippen LogP contribution < -0.4 is 10.2 Å². The Balaban J connectivity index is 1.87. The minimum atomic E-state index is -0.369. The molecule has 2 rings (SSSR count). The zero-order valence-electron chi connectivity index (χ0n) is 12.8. The van der Waals surface area contributed by atoms with Gasteiger partial charge in [0, 0.05) is 44.5 Å². The van der Waals surface area contributed by atoms with Gasteiger partial charge in [-0.2, -0.15) is 0 Å². The quantitative estimate of drug-likeness (QED) is 0.889. The molecule has 0 unspecified atom stereocenters. The third kappa shape index (κ3) is 5.18. The van der Waals surface area contributed by atoms with Crippen LogP contribution in [0.5, 0.6) is 0 Å². The molecule has 23 heavy (non-hydrogen) atoms. The van der Waals surface area contributed by atoms with E-state index < -0.39 is 0 Å². The van der Waals surface area contributed by atoms with E-state index >= 15 is 0 Å². The maximum atomic E-state index is 13.0. The van der Waals surface area contributed by atoms with Gasteiger partial charge >= 0.3 is 0 Å². The molecule has 5 nitrogen and oxygen atoms in total. The van der Waals surface area contributed by atoms with Crippen LogP contribution in [0.3, 0.4) is 0 Å². The van der Waals surface area contributed by atoms with E-state index in [-0.39, 0.29) is 30.6 Å². The van der Waals surface area contributed by atoms with Crippen molar-refractivity contribution in [1.29, 1.82) is 0 Å². The number of amides is 2. The van der Waals surface area contributed by atoms with Crippen LogP contribution in [-0.4, -0.2) is 23.3 Å². The molecule has 1 N–H and O–H groups in total. The maximum absolute atomic E-state index is 13.0. The molecule has 0 radical (unpaired) electrons. The Morgan fingerprint density at radius 2 is 1.96 bits per heavy atom. The van der Waals surface area contributed by atoms with Crippen molar-refractivity contribution in [3.63, 3.8) is 0 Å². The van der Waals surface area contributed by atoms with E-state index in [1.54, 1.807) is 18.5 Å². The fourth-order valence-electron chi connectivity index (χ4n) is 2.09. The topological polar surface area (TPSA) is 62.3 Å². The summed E-state index contributed by atoms with van der Waals surface area (Å²) in [5.74, 6) is -0.731. The lowest BCUT2D eigenvalue weighted by Crippen LogP contribution is -2.33. The van der Waals surface area contributed by atoms with Crippen molar-refractivity contribution in [2.75, 3.05) is 11.4 Å². The van der Waals surface area contributed by atoms with Crippen LogP contribution in [0.2, 0.25) is 0 Å². The summed E-state index contributed by atoms with van der Waals surface area (Å²) in [6.45, 7) is 2.04. The molecule has 2 aromatic rings. The standard InChI is InChI=1S/C17H18FN3O2/c1-13(22)21(16-6-4-15(18)5-7-16)10-8-17(23)20-12-14-3-2-9-19-11-14/h2-7,9,11H,8,10,12H2,1H3,(H,20,23). The highest BCUT2D eigenvalue weighted by Gasteiger charge is 2.13. The van der Waals surface area contributed by atoms with E-state index in [0.29, 0.717) is 12.2 Å². The molecule has 1 aromatic carbocycles. The summed E-state index contributed by atoms with van der Waals surface area (Å²) in [5.41, 5.74) is 1.47. The number of nitrogens with zero attached hydrogens (tertiary/aromatic N) is 2. The predicted octanol–water partition coefficient (Wildman–Crippen LogP) is 2.28. The SMILES string of the molecule is CC(=O)N(CCC(=O)NCc1cccnc1)c1ccc(F)cc1. The van der Waals surface area contributed by atoms with Gasteiger partial charge in [-0.3, -0.25) is 14.6 Å². The fraction of sp³-hybridized carbons (Fsp3) is 0.235. The molecule has 0 atom stereocenters. The van der Waals surface area contributed by atoms with E-state index in [4.69, 9.17) is 0 Å². The normalized spacial score (nSPS) is 10.2. The van der Waals surface area contributed by atoms with Gasteiger partial charge in [-0.1, -0.05) is 6.07 Å². The molecule has 120 valence electrons. The van der Waals surface area contributed by atoms with Gasteiger partial charge in [0.25, 0.3) is 0 Å². The van der Waals surface area contributed by atoms with Crippen molar-refractivity contribution in [2.45, 2.75) is 19.9 Å². The predicted molar refractivity (Wildman–Crippen MR) is 85.1 cm³/mol. The monoisotopic (exact) mass is 315 g/mol. The van der Waals surface area contributed by atoms with Crippen LogP contribution in [0.25, 0.3) is 0 Å². The minimum Gasteiger partial charge on any atom is -0.352 e. The summed E-state index contributed by atoms with van der Waals surface area (Å²) < 4.78 is 13.0. The Kier molecular flexibility index (Phi) is 5.80. The molecule has 0 aliphatic heterocycles. The highest BCUT2D eigenvalue weighted by molar-refractivity contribution is 5.92. The highest BCUT2D eigenvalue weighted by atomic mass is 19.1. The summed E-state index contributed by atoms with van der Waals surface area (Å²) in [5, 5.41) is 2.78. The van der Waals surface area contributed by atoms with E-state index in [9.17, 15) is 14.0 Å². The first-order chi connectivity index (χ1) is 11.1. The number of benzene rings is 1. The molecule has 0 aliphatic rings. The Hall–Kier alpha value is -2.76. The summed E-state index contributed by atoms with van der Waals surface area (Å²) in [6.07, 6.45) is 3.51. The van der Waals surface area contributed by atoms with Gasteiger partial charge < -0.3 is 10.2 Å². The number of carbonyl (C=O) groups excluding carboxylic acids is 2. The van der Waals surface area contributed by atoms with Gasteiger partial charge in [0.05, 0.1) is 0 Å². The number of aromatic nitrogens is 1. The second kappa shape index (κ2) is 8.03. The molecule has 2 amide bonds. The van der Waals surface area contributed by atoms with Crippen molar-refractivity contribution in [1.82, 2.24) is 10.3 Å². The smallest absolute Gasteiger partial charge is 0.223 e. The maximum Gasteiger partial charge on any atom is 0.223 e. The number of halogens is 1. The number of pyridine rings is 1. The second-order valence-corrected chi connectivity index (χ2v) is 5.04. The number of hydrogen-bond acceptors (Lipinski definition) is 3. The van der Waals surface area contributed by atoms with Crippen LogP contribution in [0.4, 0.5) is 10.1 Å². The summed E-state index contributed by atoms with van der Waals surface area (Å²) in [7, 11) is 0.